The number of benzene rings is 1. The maximum absolute atomic E-state index is 6.74. The van der Waals surface area contributed by atoms with Crippen molar-refractivity contribution in [3.05, 3.63) is 46.2 Å². The van der Waals surface area contributed by atoms with Gasteiger partial charge in [-0.25, -0.2) is 5.01 Å². The fraction of sp³-hybridized carbons (Fsp3) is 0.476. The summed E-state index contributed by atoms with van der Waals surface area (Å²) in [5.74, 6) is 1.75. The highest BCUT2D eigenvalue weighted by molar-refractivity contribution is 7.12. The van der Waals surface area contributed by atoms with Gasteiger partial charge in [0.15, 0.2) is 11.5 Å². The van der Waals surface area contributed by atoms with Gasteiger partial charge in [-0.1, -0.05) is 18.2 Å². The number of hydrazone groups is 1. The fourth-order valence-corrected chi connectivity index (χ4v) is 5.42. The Morgan fingerprint density at radius 1 is 1.30 bits per heavy atom. The lowest BCUT2D eigenvalue weighted by molar-refractivity contribution is -0.906. The first-order chi connectivity index (χ1) is 13.2. The summed E-state index contributed by atoms with van der Waals surface area (Å²) >= 11 is 1.77. The number of ether oxygens (including phenoxy) is 2. The van der Waals surface area contributed by atoms with Crippen LogP contribution in [-0.4, -0.2) is 43.2 Å². The molecule has 1 atom stereocenters. The van der Waals surface area contributed by atoms with E-state index in [0.717, 1.165) is 43.9 Å². The second-order valence-corrected chi connectivity index (χ2v) is 8.57. The van der Waals surface area contributed by atoms with Crippen LogP contribution in [-0.2, 0) is 0 Å². The summed E-state index contributed by atoms with van der Waals surface area (Å²) in [6.07, 6.45) is 2.91. The topological polar surface area (TPSA) is 38.5 Å². The van der Waals surface area contributed by atoms with Crippen LogP contribution in [0.2, 0.25) is 0 Å². The van der Waals surface area contributed by atoms with Crippen LogP contribution >= 0.6 is 11.3 Å². The van der Waals surface area contributed by atoms with Gasteiger partial charge in [0.2, 0.25) is 5.72 Å². The molecule has 3 aliphatic rings. The summed E-state index contributed by atoms with van der Waals surface area (Å²) in [5.41, 5.74) is 2.02. The van der Waals surface area contributed by atoms with Gasteiger partial charge in [0, 0.05) is 12.0 Å². The predicted octanol–water partition coefficient (Wildman–Crippen LogP) is 2.70. The molecule has 4 heterocycles. The van der Waals surface area contributed by atoms with Crippen LogP contribution in [0.4, 0.5) is 0 Å². The van der Waals surface area contributed by atoms with Gasteiger partial charge in [-0.3, -0.25) is 0 Å². The molecule has 5 rings (SSSR count). The van der Waals surface area contributed by atoms with Gasteiger partial charge in [0.1, 0.15) is 0 Å². The van der Waals surface area contributed by atoms with E-state index in [1.807, 2.05) is 6.07 Å². The van der Waals surface area contributed by atoms with Gasteiger partial charge in [0.05, 0.1) is 56.2 Å². The molecular weight excluding hydrogens is 358 g/mol. The lowest BCUT2D eigenvalue weighted by atomic mass is 9.91. The van der Waals surface area contributed by atoms with Gasteiger partial charge in [-0.2, -0.15) is 5.10 Å². The molecule has 1 N–H and O–H groups in total. The van der Waals surface area contributed by atoms with Gasteiger partial charge < -0.3 is 14.4 Å². The lowest BCUT2D eigenvalue weighted by Crippen LogP contribution is -3.13. The average molecular weight is 385 g/mol. The minimum Gasteiger partial charge on any atom is -0.493 e. The number of likely N-dealkylation sites (tertiary alicyclic amines) is 1. The predicted molar refractivity (Wildman–Crippen MR) is 107 cm³/mol. The summed E-state index contributed by atoms with van der Waals surface area (Å²) in [4.78, 5) is 2.91. The summed E-state index contributed by atoms with van der Waals surface area (Å²) in [6.45, 7) is 5.67. The van der Waals surface area contributed by atoms with E-state index >= 15 is 0 Å². The third kappa shape index (κ3) is 2.65. The molecular formula is C21H26N3O2S+. The van der Waals surface area contributed by atoms with E-state index < -0.39 is 0 Å². The molecule has 5 nitrogen and oxygen atoms in total. The van der Waals surface area contributed by atoms with E-state index in [0.29, 0.717) is 0 Å². The Morgan fingerprint density at radius 3 is 2.85 bits per heavy atom. The van der Waals surface area contributed by atoms with Crippen molar-refractivity contribution >= 4 is 17.0 Å². The van der Waals surface area contributed by atoms with Crippen molar-refractivity contribution in [3.8, 4) is 11.5 Å². The van der Waals surface area contributed by atoms with Crippen LogP contribution in [0.1, 0.15) is 42.7 Å². The first-order valence-electron chi connectivity index (χ1n) is 9.84. The SMILES string of the molecule is CC[NH+]1CCC2(CC1)Oc1c(OC)cccc1[C@@H]1CC(c3cccs3)=NN12. The molecule has 1 aromatic carbocycles. The Bertz CT molecular complexity index is 856. The van der Waals surface area contributed by atoms with Crippen molar-refractivity contribution in [1.82, 2.24) is 5.01 Å². The Morgan fingerprint density at radius 2 is 2.15 bits per heavy atom. The number of piperidine rings is 1. The van der Waals surface area contributed by atoms with E-state index in [1.165, 1.54) is 22.7 Å². The van der Waals surface area contributed by atoms with Gasteiger partial charge in [-0.15, -0.1) is 11.3 Å². The molecule has 2 aromatic rings. The third-order valence-electron chi connectivity index (χ3n) is 6.25. The smallest absolute Gasteiger partial charge is 0.209 e. The number of quaternary nitrogens is 1. The normalized spacial score (nSPS) is 29.1. The zero-order chi connectivity index (χ0) is 18.4. The van der Waals surface area contributed by atoms with E-state index in [-0.39, 0.29) is 11.8 Å². The Kier molecular flexibility index (Phi) is 4.13. The van der Waals surface area contributed by atoms with Crippen LogP contribution in [0, 0.1) is 0 Å². The Hall–Kier alpha value is -2.05. The number of thiophene rings is 1. The van der Waals surface area contributed by atoms with E-state index in [9.17, 15) is 0 Å². The van der Waals surface area contributed by atoms with Crippen molar-refractivity contribution < 1.29 is 14.4 Å². The van der Waals surface area contributed by atoms with E-state index in [1.54, 1.807) is 23.3 Å². The monoisotopic (exact) mass is 384 g/mol. The Balaban J connectivity index is 1.59. The minimum atomic E-state index is -0.357. The largest absolute Gasteiger partial charge is 0.493 e. The number of rotatable bonds is 3. The molecule has 6 heteroatoms. The molecule has 0 aliphatic carbocycles. The number of nitrogens with one attached hydrogen (secondary N) is 1. The molecule has 0 radical (unpaired) electrons. The molecule has 0 unspecified atom stereocenters. The number of nitrogens with zero attached hydrogens (tertiary/aromatic N) is 2. The minimum absolute atomic E-state index is 0.226. The van der Waals surface area contributed by atoms with Crippen LogP contribution in [0.15, 0.2) is 40.8 Å². The molecule has 0 bridgehead atoms. The third-order valence-corrected chi connectivity index (χ3v) is 7.17. The number of hydrogen-bond acceptors (Lipinski definition) is 5. The summed E-state index contributed by atoms with van der Waals surface area (Å²) in [7, 11) is 1.73. The molecule has 142 valence electrons. The number of para-hydroxylation sites is 1. The van der Waals surface area contributed by atoms with Crippen LogP contribution in [0.3, 0.4) is 0 Å². The van der Waals surface area contributed by atoms with E-state index in [2.05, 4.69) is 41.6 Å². The molecule has 1 spiro atoms. The highest BCUT2D eigenvalue weighted by Crippen LogP contribution is 2.52. The first-order valence-corrected chi connectivity index (χ1v) is 10.7. The second-order valence-electron chi connectivity index (χ2n) is 7.62. The summed E-state index contributed by atoms with van der Waals surface area (Å²) in [5, 5.41) is 9.53. The highest BCUT2D eigenvalue weighted by atomic mass is 32.1. The number of methoxy groups -OCH3 is 1. The van der Waals surface area contributed by atoms with Crippen molar-refractivity contribution in [3.63, 3.8) is 0 Å². The molecule has 27 heavy (non-hydrogen) atoms. The molecule has 0 saturated carbocycles. The van der Waals surface area contributed by atoms with Crippen LogP contribution < -0.4 is 14.4 Å². The molecule has 3 aliphatic heterocycles. The zero-order valence-electron chi connectivity index (χ0n) is 15.9. The lowest BCUT2D eigenvalue weighted by Gasteiger charge is -2.50. The van der Waals surface area contributed by atoms with Crippen molar-refractivity contribution in [2.75, 3.05) is 26.7 Å². The molecule has 0 amide bonds. The van der Waals surface area contributed by atoms with Gasteiger partial charge in [0.25, 0.3) is 0 Å². The quantitative estimate of drug-likeness (QED) is 0.884. The zero-order valence-corrected chi connectivity index (χ0v) is 16.7. The summed E-state index contributed by atoms with van der Waals surface area (Å²) in [6, 6.07) is 10.7. The standard InChI is InChI=1S/C21H25N3O2S/c1-3-23-11-9-21(10-12-23)24-17(14-16(22-24)19-8-5-13-27-19)15-6-4-7-18(25-2)20(15)26-21/h4-8,13,17H,3,9-12,14H2,1-2H3/p+1/t17-/m0/s1. The maximum atomic E-state index is 6.74. The van der Waals surface area contributed by atoms with Gasteiger partial charge in [-0.05, 0) is 24.4 Å². The summed E-state index contributed by atoms with van der Waals surface area (Å²) < 4.78 is 12.4. The number of fused-ring (bicyclic) bond motifs is 4. The molecule has 1 fully saturated rings. The van der Waals surface area contributed by atoms with Crippen molar-refractivity contribution in [2.24, 2.45) is 5.10 Å². The maximum Gasteiger partial charge on any atom is 0.209 e. The van der Waals surface area contributed by atoms with Gasteiger partial charge >= 0.3 is 0 Å². The molecule has 1 aromatic heterocycles. The number of hydrogen-bond donors (Lipinski definition) is 1. The van der Waals surface area contributed by atoms with E-state index in [4.69, 9.17) is 14.6 Å². The van der Waals surface area contributed by atoms with Crippen molar-refractivity contribution in [1.29, 1.82) is 0 Å². The second kappa shape index (κ2) is 6.53. The fourth-order valence-electron chi connectivity index (χ4n) is 4.70. The average Bonchev–Trinajstić information content (AvgIpc) is 3.38. The highest BCUT2D eigenvalue weighted by Gasteiger charge is 2.53. The van der Waals surface area contributed by atoms with Crippen LogP contribution in [0.25, 0.3) is 0 Å². The first kappa shape index (κ1) is 17.1. The molecule has 1 saturated heterocycles. The Labute approximate surface area is 164 Å². The van der Waals surface area contributed by atoms with Crippen LogP contribution in [0.5, 0.6) is 11.5 Å². The van der Waals surface area contributed by atoms with Crippen molar-refractivity contribution in [2.45, 2.75) is 38.0 Å².